The largest absolute Gasteiger partial charge is 0.318 e. The van der Waals surface area contributed by atoms with E-state index in [0.29, 0.717) is 11.4 Å². The first-order valence-corrected chi connectivity index (χ1v) is 13.2. The van der Waals surface area contributed by atoms with Crippen LogP contribution in [0.5, 0.6) is 0 Å². The molecule has 0 fully saturated rings. The van der Waals surface area contributed by atoms with Crippen molar-refractivity contribution in [2.75, 3.05) is 5.32 Å². The normalized spacial score (nSPS) is 11.0. The van der Waals surface area contributed by atoms with E-state index in [0.717, 1.165) is 27.6 Å². The fourth-order valence-corrected chi connectivity index (χ4v) is 5.12. The number of fused-ring (bicyclic) bond motifs is 1. The second-order valence-corrected chi connectivity index (χ2v) is 9.29. The smallest absolute Gasteiger partial charge is 0.276 e. The summed E-state index contributed by atoms with van der Waals surface area (Å²) in [6.07, 6.45) is 6.67. The SMILES string of the molecule is O=C(Nc1cn[nH]c1)c1nn(C(c2ccccc2)(c2ccccc2)c2ccccc2)c2ccccc12.c1cn[nH]c1. The van der Waals surface area contributed by atoms with Crippen LogP contribution in [0.2, 0.25) is 0 Å². The summed E-state index contributed by atoms with van der Waals surface area (Å²) in [5.41, 5.74) is 4.08. The van der Waals surface area contributed by atoms with Crippen LogP contribution >= 0.6 is 0 Å². The summed E-state index contributed by atoms with van der Waals surface area (Å²) < 4.78 is 1.99. The fraction of sp³-hybridized carbons (Fsp3) is 0.0303. The van der Waals surface area contributed by atoms with Crippen LogP contribution in [-0.4, -0.2) is 36.1 Å². The highest BCUT2D eigenvalue weighted by Crippen LogP contribution is 2.42. The molecule has 0 saturated carbocycles. The Morgan fingerprint density at radius 1 is 0.683 bits per heavy atom. The molecule has 0 saturated heterocycles. The lowest BCUT2D eigenvalue weighted by atomic mass is 9.77. The fourth-order valence-electron chi connectivity index (χ4n) is 5.12. The number of hydrogen-bond acceptors (Lipinski definition) is 4. The number of benzene rings is 4. The lowest BCUT2D eigenvalue weighted by molar-refractivity contribution is 0.102. The van der Waals surface area contributed by atoms with E-state index in [2.05, 4.69) is 62.1 Å². The Hall–Kier alpha value is -5.76. The first-order chi connectivity index (χ1) is 20.3. The number of nitrogens with one attached hydrogen (secondary N) is 3. The van der Waals surface area contributed by atoms with E-state index >= 15 is 0 Å². The van der Waals surface area contributed by atoms with E-state index in [9.17, 15) is 4.79 Å². The maximum Gasteiger partial charge on any atom is 0.276 e. The molecule has 3 heterocycles. The molecule has 3 N–H and O–H groups in total. The van der Waals surface area contributed by atoms with Gasteiger partial charge in [0.2, 0.25) is 0 Å². The summed E-state index contributed by atoms with van der Waals surface area (Å²) in [7, 11) is 0. The standard InChI is InChI=1S/C30H23N5O.C3H4N2/c36-29(33-25-20-31-32-21-25)28-26-18-10-11-19-27(26)35(34-28)30(22-12-4-1-5-13-22,23-14-6-2-7-15-23)24-16-8-3-9-17-24;1-2-4-5-3-1/h1-21H,(H,31,32)(H,33,36);1-3H,(H,4,5). The molecule has 0 spiro atoms. The van der Waals surface area contributed by atoms with E-state index < -0.39 is 5.54 Å². The van der Waals surface area contributed by atoms with Crippen LogP contribution in [0.4, 0.5) is 5.69 Å². The van der Waals surface area contributed by atoms with Crippen molar-refractivity contribution in [1.29, 1.82) is 0 Å². The summed E-state index contributed by atoms with van der Waals surface area (Å²) in [4.78, 5) is 13.4. The van der Waals surface area contributed by atoms with Crippen LogP contribution in [0.15, 0.2) is 146 Å². The number of aromatic nitrogens is 6. The van der Waals surface area contributed by atoms with E-state index in [1.807, 2.05) is 89.6 Å². The number of anilines is 1. The molecule has 7 aromatic rings. The van der Waals surface area contributed by atoms with Crippen molar-refractivity contribution in [3.8, 4) is 0 Å². The Morgan fingerprint density at radius 2 is 1.27 bits per heavy atom. The van der Waals surface area contributed by atoms with Gasteiger partial charge in [-0.3, -0.25) is 15.0 Å². The van der Waals surface area contributed by atoms with Crippen LogP contribution in [-0.2, 0) is 5.54 Å². The van der Waals surface area contributed by atoms with Gasteiger partial charge in [0.1, 0.15) is 5.54 Å². The van der Waals surface area contributed by atoms with Gasteiger partial charge in [-0.05, 0) is 28.8 Å². The minimum absolute atomic E-state index is 0.297. The van der Waals surface area contributed by atoms with Gasteiger partial charge >= 0.3 is 0 Å². The monoisotopic (exact) mass is 537 g/mol. The van der Waals surface area contributed by atoms with Gasteiger partial charge in [0.25, 0.3) is 5.91 Å². The zero-order valence-corrected chi connectivity index (χ0v) is 22.1. The Bertz CT molecular complexity index is 1700. The first-order valence-electron chi connectivity index (χ1n) is 13.2. The number of nitrogens with zero attached hydrogens (tertiary/aromatic N) is 4. The van der Waals surface area contributed by atoms with Crippen molar-refractivity contribution in [3.63, 3.8) is 0 Å². The lowest BCUT2D eigenvalue weighted by Crippen LogP contribution is -2.38. The summed E-state index contributed by atoms with van der Waals surface area (Å²) in [5.74, 6) is -0.297. The topological polar surface area (TPSA) is 104 Å². The van der Waals surface area contributed by atoms with Gasteiger partial charge in [-0.15, -0.1) is 0 Å². The number of para-hydroxylation sites is 1. The van der Waals surface area contributed by atoms with Crippen LogP contribution in [0.3, 0.4) is 0 Å². The average Bonchev–Trinajstić information content (AvgIpc) is 3.84. The number of rotatable bonds is 6. The zero-order chi connectivity index (χ0) is 27.9. The highest BCUT2D eigenvalue weighted by molar-refractivity contribution is 6.11. The van der Waals surface area contributed by atoms with Crippen LogP contribution in [0.1, 0.15) is 27.2 Å². The predicted molar refractivity (Wildman–Crippen MR) is 159 cm³/mol. The number of H-pyrrole nitrogens is 2. The van der Waals surface area contributed by atoms with Crippen molar-refractivity contribution >= 4 is 22.5 Å². The van der Waals surface area contributed by atoms with Gasteiger partial charge in [0, 0.05) is 24.0 Å². The van der Waals surface area contributed by atoms with Gasteiger partial charge in [-0.25, -0.2) is 4.68 Å². The highest BCUT2D eigenvalue weighted by Gasteiger charge is 2.41. The molecule has 200 valence electrons. The van der Waals surface area contributed by atoms with Crippen molar-refractivity contribution in [1.82, 2.24) is 30.2 Å². The van der Waals surface area contributed by atoms with E-state index in [1.54, 1.807) is 24.8 Å². The number of aromatic amines is 2. The molecule has 4 aromatic carbocycles. The van der Waals surface area contributed by atoms with Gasteiger partial charge in [-0.1, -0.05) is 109 Å². The third-order valence-corrected chi connectivity index (χ3v) is 6.86. The van der Waals surface area contributed by atoms with E-state index in [1.165, 1.54) is 0 Å². The van der Waals surface area contributed by atoms with Crippen molar-refractivity contribution in [2.45, 2.75) is 5.54 Å². The third-order valence-electron chi connectivity index (χ3n) is 6.86. The molecule has 8 heteroatoms. The van der Waals surface area contributed by atoms with Crippen LogP contribution in [0, 0.1) is 0 Å². The predicted octanol–water partition coefficient (Wildman–Crippen LogP) is 6.26. The minimum Gasteiger partial charge on any atom is -0.318 e. The number of hydrogen-bond donors (Lipinski definition) is 3. The second kappa shape index (κ2) is 11.5. The van der Waals surface area contributed by atoms with E-state index in [4.69, 9.17) is 5.10 Å². The molecule has 41 heavy (non-hydrogen) atoms. The maximum atomic E-state index is 13.4. The summed E-state index contributed by atoms with van der Waals surface area (Å²) in [5, 5.41) is 21.6. The van der Waals surface area contributed by atoms with Crippen molar-refractivity contribution in [2.24, 2.45) is 0 Å². The van der Waals surface area contributed by atoms with Gasteiger partial charge < -0.3 is 5.32 Å². The Kier molecular flexibility index (Phi) is 7.19. The van der Waals surface area contributed by atoms with E-state index in [-0.39, 0.29) is 5.91 Å². The van der Waals surface area contributed by atoms with Gasteiger partial charge in [-0.2, -0.15) is 15.3 Å². The molecule has 1 amide bonds. The molecule has 0 atom stereocenters. The Morgan fingerprint density at radius 3 is 1.76 bits per heavy atom. The minimum atomic E-state index is -0.822. The number of carbonyl (C=O) groups excluding carboxylic acids is 1. The quantitative estimate of drug-likeness (QED) is 0.218. The average molecular weight is 538 g/mol. The molecule has 0 unspecified atom stereocenters. The lowest BCUT2D eigenvalue weighted by Gasteiger charge is -2.37. The number of amides is 1. The highest BCUT2D eigenvalue weighted by atomic mass is 16.2. The van der Waals surface area contributed by atoms with Crippen molar-refractivity contribution < 1.29 is 4.79 Å². The van der Waals surface area contributed by atoms with Gasteiger partial charge in [0.05, 0.1) is 17.4 Å². The molecular weight excluding hydrogens is 510 g/mol. The summed E-state index contributed by atoms with van der Waals surface area (Å²) >= 11 is 0. The van der Waals surface area contributed by atoms with Gasteiger partial charge in [0.15, 0.2) is 5.69 Å². The molecule has 0 aliphatic heterocycles. The molecule has 3 aromatic heterocycles. The molecule has 0 aliphatic rings. The molecule has 0 bridgehead atoms. The third kappa shape index (κ3) is 4.90. The Labute approximate surface area is 236 Å². The maximum absolute atomic E-state index is 13.4. The second-order valence-electron chi connectivity index (χ2n) is 9.29. The zero-order valence-electron chi connectivity index (χ0n) is 22.1. The molecule has 0 aliphatic carbocycles. The summed E-state index contributed by atoms with van der Waals surface area (Å²) in [6.45, 7) is 0. The summed E-state index contributed by atoms with van der Waals surface area (Å²) in [6, 6.07) is 40.6. The first kappa shape index (κ1) is 25.5. The molecule has 8 nitrogen and oxygen atoms in total. The molecular formula is C33H27N7O. The van der Waals surface area contributed by atoms with Crippen LogP contribution < -0.4 is 5.32 Å². The van der Waals surface area contributed by atoms with Crippen molar-refractivity contribution in [3.05, 3.63) is 168 Å². The number of carbonyl (C=O) groups is 1. The van der Waals surface area contributed by atoms with Crippen LogP contribution in [0.25, 0.3) is 10.9 Å². The Balaban J connectivity index is 0.000000548. The molecule has 0 radical (unpaired) electrons. The molecule has 7 rings (SSSR count).